The lowest BCUT2D eigenvalue weighted by atomic mass is 9.92. The van der Waals surface area contributed by atoms with E-state index in [0.717, 1.165) is 11.4 Å². The number of rotatable bonds is 2. The lowest BCUT2D eigenvalue weighted by Crippen LogP contribution is -2.12. The highest BCUT2D eigenvalue weighted by Gasteiger charge is 2.27. The zero-order valence-electron chi connectivity index (χ0n) is 11.5. The molecule has 19 heavy (non-hydrogen) atoms. The second-order valence-electron chi connectivity index (χ2n) is 5.59. The van der Waals surface area contributed by atoms with Crippen LogP contribution in [-0.2, 0) is 13.9 Å². The van der Waals surface area contributed by atoms with Gasteiger partial charge < -0.3 is 4.42 Å². The van der Waals surface area contributed by atoms with Crippen LogP contribution in [0, 0.1) is 0 Å². The number of nitrogens with zero attached hydrogens (tertiary/aromatic N) is 4. The van der Waals surface area contributed by atoms with Gasteiger partial charge in [-0.3, -0.25) is 4.68 Å². The molecule has 0 unspecified atom stereocenters. The van der Waals surface area contributed by atoms with Gasteiger partial charge >= 0.3 is 0 Å². The maximum atomic E-state index is 5.74. The zero-order valence-corrected chi connectivity index (χ0v) is 15.8. The fraction of sp³-hybridized carbons (Fsp3) is 0.583. The first-order valence-electron chi connectivity index (χ1n) is 5.86. The topological polar surface area (TPSA) is 56.7 Å². The molecular weight excluding hydrogens is 470 g/mol. The number of halogens is 2. The van der Waals surface area contributed by atoms with E-state index in [2.05, 4.69) is 81.2 Å². The molecule has 0 spiro atoms. The summed E-state index contributed by atoms with van der Waals surface area (Å²) in [6.45, 7) is 8.41. The monoisotopic (exact) mass is 486 g/mol. The number of aromatic nitrogens is 4. The maximum Gasteiger partial charge on any atom is 0.266 e. The summed E-state index contributed by atoms with van der Waals surface area (Å²) in [4.78, 5) is 0. The fourth-order valence-corrected chi connectivity index (χ4v) is 1.97. The lowest BCUT2D eigenvalue weighted by Gasteiger charge is -2.13. The summed E-state index contributed by atoms with van der Waals surface area (Å²) in [5.41, 5.74) is 1.86. The van der Waals surface area contributed by atoms with Gasteiger partial charge in [0, 0.05) is 12.5 Å². The number of alkyl halides is 2. The van der Waals surface area contributed by atoms with Gasteiger partial charge in [-0.05, 0) is 13.0 Å². The van der Waals surface area contributed by atoms with E-state index in [1.165, 1.54) is 0 Å². The van der Waals surface area contributed by atoms with Gasteiger partial charge in [-0.25, -0.2) is 0 Å². The van der Waals surface area contributed by atoms with Crippen molar-refractivity contribution in [1.82, 2.24) is 20.0 Å². The molecule has 2 aromatic rings. The molecule has 0 saturated carbocycles. The highest BCUT2D eigenvalue weighted by Crippen LogP contribution is 2.38. The van der Waals surface area contributed by atoms with E-state index in [0.29, 0.717) is 11.8 Å². The molecule has 0 amide bonds. The molecule has 5 nitrogen and oxygen atoms in total. The summed E-state index contributed by atoms with van der Waals surface area (Å²) in [5.74, 6) is 1.13. The van der Waals surface area contributed by atoms with Crippen molar-refractivity contribution in [1.29, 1.82) is 0 Å². The summed E-state index contributed by atoms with van der Waals surface area (Å²) < 4.78 is 7.33. The zero-order chi connectivity index (χ0) is 14.4. The third kappa shape index (κ3) is 3.29. The second kappa shape index (κ2) is 4.97. The van der Waals surface area contributed by atoms with Gasteiger partial charge in [0.05, 0.1) is 5.69 Å². The van der Waals surface area contributed by atoms with E-state index in [-0.39, 0.29) is 6.84 Å². The van der Waals surface area contributed by atoms with E-state index in [9.17, 15) is 0 Å². The molecule has 7 heteroatoms. The number of hydrogen-bond acceptors (Lipinski definition) is 4. The van der Waals surface area contributed by atoms with Gasteiger partial charge in [0.1, 0.15) is 7.12 Å². The predicted molar refractivity (Wildman–Crippen MR) is 90.6 cm³/mol. The standard InChI is InChI=1S/C12H16I2N4O/c1-11(2,3)8-6-7(18(5)17-8)9-15-16-10(19-9)12(4,13)14/h6H,1-5H3. The van der Waals surface area contributed by atoms with Gasteiger partial charge in [0.25, 0.3) is 5.89 Å². The van der Waals surface area contributed by atoms with E-state index in [1.807, 2.05) is 20.0 Å². The average molecular weight is 486 g/mol. The smallest absolute Gasteiger partial charge is 0.266 e. The summed E-state index contributed by atoms with van der Waals surface area (Å²) in [7, 11) is 1.89. The van der Waals surface area contributed by atoms with Crippen LogP contribution in [0.2, 0.25) is 0 Å². The van der Waals surface area contributed by atoms with Gasteiger partial charge in [0.15, 0.2) is 0 Å². The summed E-state index contributed by atoms with van der Waals surface area (Å²) in [6, 6.07) is 2.01. The molecule has 0 radical (unpaired) electrons. The number of hydrogen-bond donors (Lipinski definition) is 0. The first-order valence-corrected chi connectivity index (χ1v) is 8.01. The van der Waals surface area contributed by atoms with Crippen LogP contribution in [0.5, 0.6) is 0 Å². The van der Waals surface area contributed by atoms with Crippen molar-refractivity contribution in [2.45, 2.75) is 34.5 Å². The Bertz CT molecular complexity index is 590. The highest BCUT2D eigenvalue weighted by atomic mass is 127. The van der Waals surface area contributed by atoms with Crippen LogP contribution in [0.25, 0.3) is 11.6 Å². The summed E-state index contributed by atoms with van der Waals surface area (Å²) >= 11 is 4.54. The van der Waals surface area contributed by atoms with Crippen molar-refractivity contribution in [3.63, 3.8) is 0 Å². The van der Waals surface area contributed by atoms with Crippen LogP contribution < -0.4 is 0 Å². The normalized spacial score (nSPS) is 13.0. The van der Waals surface area contributed by atoms with Crippen LogP contribution in [0.1, 0.15) is 39.3 Å². The minimum absolute atomic E-state index is 0.0000973. The Kier molecular flexibility index (Phi) is 3.98. The molecule has 0 N–H and O–H groups in total. The van der Waals surface area contributed by atoms with Crippen molar-refractivity contribution in [2.75, 3.05) is 0 Å². The third-order valence-electron chi connectivity index (χ3n) is 2.67. The van der Waals surface area contributed by atoms with Crippen molar-refractivity contribution in [2.24, 2.45) is 7.05 Å². The SMILES string of the molecule is Cn1nc(C(C)(C)C)cc1-c1nnc(C(C)(I)I)o1. The molecule has 104 valence electrons. The average Bonchev–Trinajstić information content (AvgIpc) is 2.80. The fourth-order valence-electron chi connectivity index (χ4n) is 1.54. The largest absolute Gasteiger partial charge is 0.417 e. The molecular formula is C12H16I2N4O. The van der Waals surface area contributed by atoms with Gasteiger partial charge in [-0.1, -0.05) is 66.0 Å². The molecule has 0 aliphatic rings. The molecule has 0 saturated heterocycles. The van der Waals surface area contributed by atoms with Crippen molar-refractivity contribution in [3.05, 3.63) is 17.7 Å². The Labute approximate surface area is 139 Å². The van der Waals surface area contributed by atoms with Crippen molar-refractivity contribution < 1.29 is 4.42 Å². The Morgan fingerprint density at radius 2 is 1.79 bits per heavy atom. The predicted octanol–water partition coefficient (Wildman–Crippen LogP) is 3.81. The quantitative estimate of drug-likeness (QED) is 0.479. The summed E-state index contributed by atoms with van der Waals surface area (Å²) in [5, 5.41) is 12.7. The van der Waals surface area contributed by atoms with E-state index >= 15 is 0 Å². The highest BCUT2D eigenvalue weighted by molar-refractivity contribution is 14.2. The minimum Gasteiger partial charge on any atom is -0.417 e. The Balaban J connectivity index is 2.43. The molecule has 2 heterocycles. The second-order valence-corrected chi connectivity index (χ2v) is 12.0. The van der Waals surface area contributed by atoms with Crippen LogP contribution in [-0.4, -0.2) is 20.0 Å². The first-order chi connectivity index (χ1) is 8.59. The molecule has 2 aromatic heterocycles. The Hall–Kier alpha value is -0.190. The molecule has 0 aliphatic carbocycles. The maximum absolute atomic E-state index is 5.74. The van der Waals surface area contributed by atoms with E-state index in [4.69, 9.17) is 4.42 Å². The van der Waals surface area contributed by atoms with Crippen LogP contribution in [0.4, 0.5) is 0 Å². The molecule has 0 aliphatic heterocycles. The Morgan fingerprint density at radius 1 is 1.16 bits per heavy atom. The van der Waals surface area contributed by atoms with E-state index < -0.39 is 0 Å². The molecule has 0 fully saturated rings. The molecule has 0 aromatic carbocycles. The van der Waals surface area contributed by atoms with Gasteiger partial charge in [-0.15, -0.1) is 10.2 Å². The first kappa shape index (κ1) is 15.2. The molecule has 0 bridgehead atoms. The van der Waals surface area contributed by atoms with Crippen molar-refractivity contribution in [3.8, 4) is 11.6 Å². The Morgan fingerprint density at radius 3 is 2.21 bits per heavy atom. The van der Waals surface area contributed by atoms with Gasteiger partial charge in [0.2, 0.25) is 5.89 Å². The lowest BCUT2D eigenvalue weighted by molar-refractivity contribution is 0.503. The van der Waals surface area contributed by atoms with Crippen LogP contribution in [0.15, 0.2) is 10.5 Å². The molecule has 2 rings (SSSR count). The minimum atomic E-state index is -0.202. The molecule has 0 atom stereocenters. The summed E-state index contributed by atoms with van der Waals surface area (Å²) in [6.07, 6.45) is 0. The van der Waals surface area contributed by atoms with E-state index in [1.54, 1.807) is 4.68 Å². The van der Waals surface area contributed by atoms with Crippen LogP contribution >= 0.6 is 45.2 Å². The third-order valence-corrected chi connectivity index (χ3v) is 3.59. The van der Waals surface area contributed by atoms with Crippen LogP contribution in [0.3, 0.4) is 0 Å². The van der Waals surface area contributed by atoms with Gasteiger partial charge in [-0.2, -0.15) is 5.10 Å². The number of aryl methyl sites for hydroxylation is 1. The van der Waals surface area contributed by atoms with Crippen molar-refractivity contribution >= 4 is 45.2 Å².